The van der Waals surface area contributed by atoms with E-state index in [-0.39, 0.29) is 13.0 Å². The molecule has 0 aliphatic carbocycles. The first-order chi connectivity index (χ1) is 9.58. The summed E-state index contributed by atoms with van der Waals surface area (Å²) in [5, 5.41) is 9.65. The molecule has 0 saturated carbocycles. The summed E-state index contributed by atoms with van der Waals surface area (Å²) >= 11 is 11.9. The van der Waals surface area contributed by atoms with E-state index in [9.17, 15) is 4.79 Å². The largest absolute Gasteiger partial charge is 0.487 e. The minimum absolute atomic E-state index is 0.0389. The van der Waals surface area contributed by atoms with E-state index in [1.807, 2.05) is 12.1 Å². The van der Waals surface area contributed by atoms with Gasteiger partial charge < -0.3 is 9.84 Å². The molecule has 2 aromatic rings. The van der Waals surface area contributed by atoms with Gasteiger partial charge in [-0.1, -0.05) is 53.5 Å². The number of rotatable bonds is 5. The Morgan fingerprint density at radius 2 is 1.75 bits per heavy atom. The van der Waals surface area contributed by atoms with E-state index in [2.05, 4.69) is 0 Å². The van der Waals surface area contributed by atoms with Gasteiger partial charge in [0, 0.05) is 0 Å². The van der Waals surface area contributed by atoms with Gasteiger partial charge in [-0.3, -0.25) is 4.79 Å². The van der Waals surface area contributed by atoms with Crippen LogP contribution in [-0.4, -0.2) is 11.1 Å². The van der Waals surface area contributed by atoms with E-state index in [0.29, 0.717) is 15.8 Å². The molecule has 0 spiro atoms. The van der Waals surface area contributed by atoms with E-state index >= 15 is 0 Å². The van der Waals surface area contributed by atoms with Crippen molar-refractivity contribution >= 4 is 29.2 Å². The molecule has 1 N–H and O–H groups in total. The van der Waals surface area contributed by atoms with Crippen LogP contribution in [0.15, 0.2) is 42.5 Å². The Kier molecular flexibility index (Phi) is 4.88. The van der Waals surface area contributed by atoms with E-state index < -0.39 is 5.97 Å². The third-order valence-electron chi connectivity index (χ3n) is 2.76. The van der Waals surface area contributed by atoms with Gasteiger partial charge in [0.25, 0.3) is 0 Å². The lowest BCUT2D eigenvalue weighted by Gasteiger charge is -2.11. The van der Waals surface area contributed by atoms with Crippen LogP contribution in [0.5, 0.6) is 5.75 Å². The average Bonchev–Trinajstić information content (AvgIpc) is 2.41. The van der Waals surface area contributed by atoms with Crippen LogP contribution in [0.25, 0.3) is 0 Å². The molecule has 3 nitrogen and oxygen atoms in total. The Morgan fingerprint density at radius 3 is 2.45 bits per heavy atom. The highest BCUT2D eigenvalue weighted by atomic mass is 35.5. The molecule has 0 atom stereocenters. The summed E-state index contributed by atoms with van der Waals surface area (Å²) in [7, 11) is 0. The molecule has 5 heteroatoms. The third-order valence-corrected chi connectivity index (χ3v) is 3.56. The van der Waals surface area contributed by atoms with Crippen molar-refractivity contribution in [2.45, 2.75) is 13.0 Å². The van der Waals surface area contributed by atoms with E-state index in [1.54, 1.807) is 30.3 Å². The predicted molar refractivity (Wildman–Crippen MR) is 78.6 cm³/mol. The number of benzene rings is 2. The molecule has 0 aromatic heterocycles. The van der Waals surface area contributed by atoms with Gasteiger partial charge in [-0.05, 0) is 23.3 Å². The number of carbonyl (C=O) groups is 1. The summed E-state index contributed by atoms with van der Waals surface area (Å²) in [5.74, 6) is -0.400. The van der Waals surface area contributed by atoms with Crippen LogP contribution in [0, 0.1) is 0 Å². The molecule has 0 heterocycles. The quantitative estimate of drug-likeness (QED) is 0.900. The van der Waals surface area contributed by atoms with Crippen LogP contribution in [0.2, 0.25) is 10.0 Å². The van der Waals surface area contributed by atoms with Crippen molar-refractivity contribution < 1.29 is 14.6 Å². The van der Waals surface area contributed by atoms with Crippen LogP contribution >= 0.6 is 23.2 Å². The summed E-state index contributed by atoms with van der Waals surface area (Å²) < 4.78 is 5.62. The zero-order chi connectivity index (χ0) is 14.5. The van der Waals surface area contributed by atoms with Gasteiger partial charge in [0.2, 0.25) is 0 Å². The van der Waals surface area contributed by atoms with Crippen molar-refractivity contribution in [1.29, 1.82) is 0 Å². The van der Waals surface area contributed by atoms with Crippen LogP contribution in [0.4, 0.5) is 0 Å². The summed E-state index contributed by atoms with van der Waals surface area (Å²) in [4.78, 5) is 10.8. The Morgan fingerprint density at radius 1 is 1.05 bits per heavy atom. The van der Waals surface area contributed by atoms with Crippen molar-refractivity contribution in [1.82, 2.24) is 0 Å². The lowest BCUT2D eigenvalue weighted by atomic mass is 10.1. The second-order valence-electron chi connectivity index (χ2n) is 4.18. The first-order valence-electron chi connectivity index (χ1n) is 5.93. The Labute approximate surface area is 126 Å². The van der Waals surface area contributed by atoms with E-state index in [1.165, 1.54) is 0 Å². The monoisotopic (exact) mass is 310 g/mol. The van der Waals surface area contributed by atoms with Crippen molar-refractivity contribution in [2.24, 2.45) is 0 Å². The van der Waals surface area contributed by atoms with Crippen molar-refractivity contribution in [3.05, 3.63) is 63.6 Å². The molecular formula is C15H12Cl2O3. The zero-order valence-corrected chi connectivity index (χ0v) is 12.0. The summed E-state index contributed by atoms with van der Waals surface area (Å²) in [6, 6.07) is 12.4. The molecule has 0 radical (unpaired) electrons. The zero-order valence-electron chi connectivity index (χ0n) is 10.5. The van der Waals surface area contributed by atoms with Gasteiger partial charge in [-0.2, -0.15) is 0 Å². The average molecular weight is 311 g/mol. The molecule has 0 aliphatic rings. The molecule has 2 rings (SSSR count). The maximum absolute atomic E-state index is 10.8. The number of carboxylic acids is 1. The lowest BCUT2D eigenvalue weighted by Crippen LogP contribution is -2.06. The normalized spacial score (nSPS) is 10.3. The van der Waals surface area contributed by atoms with Crippen LogP contribution in [-0.2, 0) is 17.8 Å². The maximum Gasteiger partial charge on any atom is 0.307 e. The highest BCUT2D eigenvalue weighted by Gasteiger charge is 2.09. The third kappa shape index (κ3) is 3.65. The van der Waals surface area contributed by atoms with Gasteiger partial charge in [-0.15, -0.1) is 0 Å². The van der Waals surface area contributed by atoms with E-state index in [4.69, 9.17) is 33.0 Å². The van der Waals surface area contributed by atoms with Crippen LogP contribution in [0.3, 0.4) is 0 Å². The van der Waals surface area contributed by atoms with Gasteiger partial charge in [-0.25, -0.2) is 0 Å². The minimum Gasteiger partial charge on any atom is -0.487 e. The molecular weight excluding hydrogens is 299 g/mol. The molecule has 104 valence electrons. The Balaban J connectivity index is 2.15. The Hall–Kier alpha value is -1.71. The number of carboxylic acid groups (broad SMARTS) is 1. The predicted octanol–water partition coefficient (Wildman–Crippen LogP) is 4.20. The number of aliphatic carboxylic acids is 1. The lowest BCUT2D eigenvalue weighted by molar-refractivity contribution is -0.136. The highest BCUT2D eigenvalue weighted by Crippen LogP contribution is 2.32. The molecule has 0 fully saturated rings. The standard InChI is InChI=1S/C15H12Cl2O3/c16-12-6-3-7-13(15(12)17)20-9-11-5-2-1-4-10(11)8-14(18)19/h1-7H,8-9H2,(H,18,19). The fourth-order valence-corrected chi connectivity index (χ4v) is 2.13. The number of ether oxygens (including phenoxy) is 1. The molecule has 0 unspecified atom stereocenters. The summed E-state index contributed by atoms with van der Waals surface area (Å²) in [6.07, 6.45) is -0.0389. The number of halogens is 2. The minimum atomic E-state index is -0.877. The fraction of sp³-hybridized carbons (Fsp3) is 0.133. The summed E-state index contributed by atoms with van der Waals surface area (Å²) in [6.45, 7) is 0.240. The molecule has 2 aromatic carbocycles. The Bertz CT molecular complexity index is 626. The molecule has 0 bridgehead atoms. The second-order valence-corrected chi connectivity index (χ2v) is 4.97. The van der Waals surface area contributed by atoms with Gasteiger partial charge in [0.05, 0.1) is 11.4 Å². The number of hydrogen-bond donors (Lipinski definition) is 1. The van der Waals surface area contributed by atoms with Gasteiger partial charge in [0.1, 0.15) is 17.4 Å². The first kappa shape index (κ1) is 14.7. The van der Waals surface area contributed by atoms with E-state index in [0.717, 1.165) is 11.1 Å². The molecule has 0 aliphatic heterocycles. The second kappa shape index (κ2) is 6.64. The summed E-state index contributed by atoms with van der Waals surface area (Å²) in [5.41, 5.74) is 1.53. The fourth-order valence-electron chi connectivity index (χ4n) is 1.78. The van der Waals surface area contributed by atoms with Crippen molar-refractivity contribution in [2.75, 3.05) is 0 Å². The first-order valence-corrected chi connectivity index (χ1v) is 6.69. The van der Waals surface area contributed by atoms with Crippen molar-refractivity contribution in [3.8, 4) is 5.75 Å². The topological polar surface area (TPSA) is 46.5 Å². The van der Waals surface area contributed by atoms with Crippen molar-refractivity contribution in [3.63, 3.8) is 0 Å². The van der Waals surface area contributed by atoms with Gasteiger partial charge in [0.15, 0.2) is 0 Å². The number of hydrogen-bond acceptors (Lipinski definition) is 2. The van der Waals surface area contributed by atoms with Gasteiger partial charge >= 0.3 is 5.97 Å². The maximum atomic E-state index is 10.8. The highest BCUT2D eigenvalue weighted by molar-refractivity contribution is 6.42. The van der Waals surface area contributed by atoms with Crippen LogP contribution in [0.1, 0.15) is 11.1 Å². The SMILES string of the molecule is O=C(O)Cc1ccccc1COc1cccc(Cl)c1Cl. The molecule has 0 amide bonds. The molecule has 0 saturated heterocycles. The van der Waals surface area contributed by atoms with Crippen LogP contribution < -0.4 is 4.74 Å². The molecule has 20 heavy (non-hydrogen) atoms. The smallest absolute Gasteiger partial charge is 0.307 e.